The summed E-state index contributed by atoms with van der Waals surface area (Å²) >= 11 is 0. The van der Waals surface area contributed by atoms with Gasteiger partial charge in [0, 0.05) is 17.7 Å². The molecular weight excluding hydrogens is 416 g/mol. The monoisotopic (exact) mass is 436 g/mol. The molecule has 0 saturated heterocycles. The van der Waals surface area contributed by atoms with Gasteiger partial charge in [0.2, 0.25) is 0 Å². The van der Waals surface area contributed by atoms with Crippen LogP contribution in [0.3, 0.4) is 0 Å². The van der Waals surface area contributed by atoms with Crippen molar-refractivity contribution in [2.75, 3.05) is 0 Å². The molecule has 0 aliphatic carbocycles. The topological polar surface area (TPSA) is 65.7 Å². The first-order chi connectivity index (χ1) is 16.0. The van der Waals surface area contributed by atoms with Gasteiger partial charge in [0.1, 0.15) is 23.0 Å². The molecule has 4 rings (SSSR count). The molecule has 0 N–H and O–H groups in total. The normalized spacial score (nSPS) is 10.8. The maximum Gasteiger partial charge on any atom is 0.335 e. The molecule has 0 bridgehead atoms. The van der Waals surface area contributed by atoms with Gasteiger partial charge in [0.25, 0.3) is 0 Å². The number of carbonyl (C=O) groups excluding carboxylic acids is 2. The van der Waals surface area contributed by atoms with Crippen molar-refractivity contribution < 1.29 is 23.5 Å². The van der Waals surface area contributed by atoms with Gasteiger partial charge in [-0.1, -0.05) is 49.6 Å². The molecule has 162 valence electrons. The van der Waals surface area contributed by atoms with Crippen LogP contribution in [0.2, 0.25) is 0 Å². The van der Waals surface area contributed by atoms with E-state index >= 15 is 0 Å². The van der Waals surface area contributed by atoms with E-state index < -0.39 is 11.9 Å². The van der Waals surface area contributed by atoms with Crippen LogP contribution in [0.1, 0.15) is 11.3 Å². The van der Waals surface area contributed by atoms with Crippen LogP contribution in [0.5, 0.6) is 11.5 Å². The van der Waals surface area contributed by atoms with E-state index in [1.807, 2.05) is 60.7 Å². The largest absolute Gasteiger partial charge is 0.457 e. The first-order valence-electron chi connectivity index (χ1n) is 10.1. The Morgan fingerprint density at radius 2 is 1.33 bits per heavy atom. The minimum atomic E-state index is -0.494. The third kappa shape index (κ3) is 5.35. The fourth-order valence-electron chi connectivity index (χ4n) is 3.18. The van der Waals surface area contributed by atoms with Gasteiger partial charge in [-0.25, -0.2) is 9.59 Å². The summed E-state index contributed by atoms with van der Waals surface area (Å²) in [4.78, 5) is 22.6. The van der Waals surface area contributed by atoms with E-state index in [2.05, 4.69) is 13.2 Å². The zero-order chi connectivity index (χ0) is 23.2. The number of benzene rings is 3. The molecule has 0 fully saturated rings. The average Bonchev–Trinajstić information content (AvgIpc) is 3.32. The van der Waals surface area contributed by atoms with Crippen molar-refractivity contribution in [3.8, 4) is 22.8 Å². The molecule has 5 heteroatoms. The van der Waals surface area contributed by atoms with E-state index in [1.165, 1.54) is 0 Å². The second-order valence-electron chi connectivity index (χ2n) is 7.08. The van der Waals surface area contributed by atoms with Crippen molar-refractivity contribution in [3.63, 3.8) is 0 Å². The van der Waals surface area contributed by atoms with Crippen molar-refractivity contribution >= 4 is 34.9 Å². The summed E-state index contributed by atoms with van der Waals surface area (Å²) in [6.07, 6.45) is 6.03. The highest BCUT2D eigenvalue weighted by Crippen LogP contribution is 2.29. The molecule has 0 radical (unpaired) electrons. The molecule has 4 aromatic rings. The molecule has 0 aliphatic heterocycles. The number of esters is 2. The van der Waals surface area contributed by atoms with E-state index in [0.717, 1.165) is 39.8 Å². The van der Waals surface area contributed by atoms with E-state index in [1.54, 1.807) is 24.3 Å². The van der Waals surface area contributed by atoms with Gasteiger partial charge >= 0.3 is 11.9 Å². The molecule has 1 heterocycles. The second kappa shape index (κ2) is 9.66. The van der Waals surface area contributed by atoms with Crippen LogP contribution in [-0.4, -0.2) is 11.9 Å². The molecule has 33 heavy (non-hydrogen) atoms. The number of hydrogen-bond acceptors (Lipinski definition) is 5. The number of hydrogen-bond donors (Lipinski definition) is 0. The number of furan rings is 1. The number of ether oxygens (including phenoxy) is 2. The number of rotatable bonds is 7. The smallest absolute Gasteiger partial charge is 0.335 e. The molecule has 0 aliphatic rings. The third-order valence-corrected chi connectivity index (χ3v) is 4.81. The lowest BCUT2D eigenvalue weighted by Crippen LogP contribution is -2.02. The Morgan fingerprint density at radius 3 is 2.06 bits per heavy atom. The average molecular weight is 436 g/mol. The number of fused-ring (bicyclic) bond motifs is 1. The summed E-state index contributed by atoms with van der Waals surface area (Å²) < 4.78 is 16.2. The Morgan fingerprint density at radius 1 is 0.697 bits per heavy atom. The number of carbonyl (C=O) groups is 2. The summed E-state index contributed by atoms with van der Waals surface area (Å²) in [5.41, 5.74) is 1.87. The van der Waals surface area contributed by atoms with Gasteiger partial charge in [-0.2, -0.15) is 0 Å². The van der Waals surface area contributed by atoms with Crippen LogP contribution in [0.4, 0.5) is 0 Å². The van der Waals surface area contributed by atoms with Gasteiger partial charge in [0.15, 0.2) is 0 Å². The maximum atomic E-state index is 11.4. The molecule has 5 nitrogen and oxygen atoms in total. The SMILES string of the molecule is C=CC(=O)Oc1ccc(/C=C/c2ccc(-c3ccc4cc(OC(=O)C=C)ccc4c3)o2)cc1. The van der Waals surface area contributed by atoms with E-state index in [9.17, 15) is 9.59 Å². The lowest BCUT2D eigenvalue weighted by atomic mass is 10.1. The Balaban J connectivity index is 1.47. The minimum Gasteiger partial charge on any atom is -0.457 e. The Kier molecular flexibility index (Phi) is 6.32. The summed E-state index contributed by atoms with van der Waals surface area (Å²) in [6, 6.07) is 22.3. The van der Waals surface area contributed by atoms with Gasteiger partial charge in [-0.05, 0) is 64.9 Å². The van der Waals surface area contributed by atoms with Gasteiger partial charge < -0.3 is 13.9 Å². The highest BCUT2D eigenvalue weighted by atomic mass is 16.5. The predicted octanol–water partition coefficient (Wildman–Crippen LogP) is 6.45. The summed E-state index contributed by atoms with van der Waals surface area (Å²) in [7, 11) is 0. The highest BCUT2D eigenvalue weighted by molar-refractivity contribution is 5.89. The molecular formula is C28H20O5. The summed E-state index contributed by atoms with van der Waals surface area (Å²) in [6.45, 7) is 6.78. The van der Waals surface area contributed by atoms with E-state index in [4.69, 9.17) is 13.9 Å². The van der Waals surface area contributed by atoms with Crippen LogP contribution in [0, 0.1) is 0 Å². The zero-order valence-electron chi connectivity index (χ0n) is 17.7. The van der Waals surface area contributed by atoms with E-state index in [-0.39, 0.29) is 0 Å². The van der Waals surface area contributed by atoms with Crippen LogP contribution in [0.15, 0.2) is 103 Å². The van der Waals surface area contributed by atoms with Gasteiger partial charge in [0.05, 0.1) is 0 Å². The molecule has 0 atom stereocenters. The van der Waals surface area contributed by atoms with Gasteiger partial charge in [-0.3, -0.25) is 0 Å². The summed E-state index contributed by atoms with van der Waals surface area (Å²) in [5, 5.41) is 1.94. The molecule has 0 unspecified atom stereocenters. The Hall–Kier alpha value is -4.64. The predicted molar refractivity (Wildman–Crippen MR) is 129 cm³/mol. The van der Waals surface area contributed by atoms with E-state index in [0.29, 0.717) is 17.3 Å². The zero-order valence-corrected chi connectivity index (χ0v) is 17.7. The molecule has 1 aromatic heterocycles. The second-order valence-corrected chi connectivity index (χ2v) is 7.08. The first kappa shape index (κ1) is 21.6. The highest BCUT2D eigenvalue weighted by Gasteiger charge is 2.07. The fraction of sp³-hybridized carbons (Fsp3) is 0. The van der Waals surface area contributed by atoms with Crippen LogP contribution < -0.4 is 9.47 Å². The maximum absolute atomic E-state index is 11.4. The summed E-state index contributed by atoms with van der Waals surface area (Å²) in [5.74, 6) is 1.39. The molecule has 0 saturated carbocycles. The van der Waals surface area contributed by atoms with Crippen molar-refractivity contribution in [1.82, 2.24) is 0 Å². The van der Waals surface area contributed by atoms with Crippen molar-refractivity contribution in [1.29, 1.82) is 0 Å². The quantitative estimate of drug-likeness (QED) is 0.189. The minimum absolute atomic E-state index is 0.458. The van der Waals surface area contributed by atoms with Crippen LogP contribution in [0.25, 0.3) is 34.2 Å². The molecule has 0 spiro atoms. The fourth-order valence-corrected chi connectivity index (χ4v) is 3.18. The van der Waals surface area contributed by atoms with Crippen molar-refractivity contribution in [2.45, 2.75) is 0 Å². The standard InChI is InChI=1S/C28H20O5/c1-3-27(29)32-24-12-6-19(7-13-24)5-11-23-15-16-26(31-23)22-9-8-21-18-25(33-28(30)4-2)14-10-20(21)17-22/h3-18H,1-2H2/b11-5+. The Labute approximate surface area is 190 Å². The third-order valence-electron chi connectivity index (χ3n) is 4.81. The van der Waals surface area contributed by atoms with Crippen molar-refractivity contribution in [2.24, 2.45) is 0 Å². The molecule has 0 amide bonds. The Bertz CT molecular complexity index is 1370. The lowest BCUT2D eigenvalue weighted by Gasteiger charge is -2.05. The van der Waals surface area contributed by atoms with Crippen LogP contribution >= 0.6 is 0 Å². The lowest BCUT2D eigenvalue weighted by molar-refractivity contribution is -0.129. The first-order valence-corrected chi connectivity index (χ1v) is 10.1. The van der Waals surface area contributed by atoms with Crippen LogP contribution in [-0.2, 0) is 9.59 Å². The van der Waals surface area contributed by atoms with Crippen molar-refractivity contribution in [3.05, 3.63) is 109 Å². The van der Waals surface area contributed by atoms with Gasteiger partial charge in [-0.15, -0.1) is 0 Å². The molecule has 3 aromatic carbocycles.